The van der Waals surface area contributed by atoms with Crippen molar-refractivity contribution >= 4 is 40.7 Å². The lowest BCUT2D eigenvalue weighted by Gasteiger charge is -2.49. The van der Waals surface area contributed by atoms with Gasteiger partial charge in [-0.2, -0.15) is 0 Å². The SMILES string of the molecule is CCCN1C2=C(C(=O)CC(C)(C)C2)C(c2cc(Cl)c(OCc3ccc(C(=O)O)cc3)c(Cl)c2)C2=C1CC(C)(C)CC2=O. The van der Waals surface area contributed by atoms with Crippen LogP contribution in [-0.4, -0.2) is 34.1 Å². The quantitative estimate of drug-likeness (QED) is 0.339. The molecule has 0 amide bonds. The van der Waals surface area contributed by atoms with Crippen LogP contribution in [0.1, 0.15) is 94.1 Å². The summed E-state index contributed by atoms with van der Waals surface area (Å²) in [5.74, 6) is -1.12. The Morgan fingerprint density at radius 2 is 1.40 bits per heavy atom. The number of carboxylic acid groups (broad SMARTS) is 1. The van der Waals surface area contributed by atoms with E-state index >= 15 is 0 Å². The molecule has 2 aromatic carbocycles. The van der Waals surface area contributed by atoms with Crippen LogP contribution in [0.2, 0.25) is 10.0 Å². The lowest BCUT2D eigenvalue weighted by Crippen LogP contribution is -2.44. The van der Waals surface area contributed by atoms with Crippen molar-refractivity contribution < 1.29 is 24.2 Å². The minimum atomic E-state index is -0.999. The summed E-state index contributed by atoms with van der Waals surface area (Å²) in [7, 11) is 0. The van der Waals surface area contributed by atoms with E-state index in [0.29, 0.717) is 35.3 Å². The Hall–Kier alpha value is -3.09. The molecule has 1 aliphatic heterocycles. The van der Waals surface area contributed by atoms with Crippen LogP contribution in [0.3, 0.4) is 0 Å². The fraction of sp³-hybridized carbons (Fsp3) is 0.441. The molecule has 0 saturated carbocycles. The van der Waals surface area contributed by atoms with Crippen LogP contribution in [0, 0.1) is 10.8 Å². The molecule has 0 unspecified atom stereocenters. The van der Waals surface area contributed by atoms with Gasteiger partial charge in [0.2, 0.25) is 0 Å². The van der Waals surface area contributed by atoms with Crippen LogP contribution < -0.4 is 4.74 Å². The molecular formula is C34H37Cl2NO5. The first kappa shape index (κ1) is 30.4. The Morgan fingerprint density at radius 3 is 1.86 bits per heavy atom. The summed E-state index contributed by atoms with van der Waals surface area (Å²) in [5.41, 5.74) is 4.70. The van der Waals surface area contributed by atoms with E-state index < -0.39 is 11.9 Å². The van der Waals surface area contributed by atoms with Gasteiger partial charge in [-0.25, -0.2) is 4.79 Å². The monoisotopic (exact) mass is 609 g/mol. The number of halogens is 2. The standard InChI is InChI=1S/C34H37Cl2NO5/c1-6-11-37-24-14-33(2,3)16-26(38)29(24)28(30-25(37)15-34(4,5)17-27(30)39)21-12-22(35)31(23(36)13-21)42-18-19-7-9-20(10-8-19)32(40)41/h7-10,12-13,28H,6,11,14-18H2,1-5H3,(H,40,41). The third kappa shape index (κ3) is 5.76. The normalized spacial score (nSPS) is 20.0. The molecule has 8 heteroatoms. The predicted octanol–water partition coefficient (Wildman–Crippen LogP) is 8.37. The van der Waals surface area contributed by atoms with Crippen LogP contribution in [-0.2, 0) is 16.2 Å². The van der Waals surface area contributed by atoms with Crippen molar-refractivity contribution in [2.75, 3.05) is 6.54 Å². The molecule has 5 rings (SSSR count). The average molecular weight is 611 g/mol. The first-order valence-corrected chi connectivity index (χ1v) is 15.2. The molecule has 2 aliphatic carbocycles. The topological polar surface area (TPSA) is 83.9 Å². The summed E-state index contributed by atoms with van der Waals surface area (Å²) in [6.07, 6.45) is 3.21. The molecule has 1 heterocycles. The van der Waals surface area contributed by atoms with E-state index in [1.54, 1.807) is 24.3 Å². The fourth-order valence-corrected chi connectivity index (χ4v) is 7.27. The number of aromatic carboxylic acids is 1. The van der Waals surface area contributed by atoms with Gasteiger partial charge in [-0.1, -0.05) is 70.0 Å². The zero-order valence-electron chi connectivity index (χ0n) is 24.8. The third-order valence-corrected chi connectivity index (χ3v) is 8.97. The lowest BCUT2D eigenvalue weighted by molar-refractivity contribution is -0.119. The number of Topliss-reactive ketones (excluding diaryl/α,β-unsaturated/α-hetero) is 2. The predicted molar refractivity (Wildman–Crippen MR) is 164 cm³/mol. The van der Waals surface area contributed by atoms with E-state index in [0.717, 1.165) is 42.8 Å². The maximum absolute atomic E-state index is 13.9. The maximum atomic E-state index is 13.9. The summed E-state index contributed by atoms with van der Waals surface area (Å²) in [5, 5.41) is 9.71. The molecule has 0 atom stereocenters. The molecule has 222 valence electrons. The highest BCUT2D eigenvalue weighted by molar-refractivity contribution is 6.37. The molecule has 3 aliphatic rings. The van der Waals surface area contributed by atoms with Crippen molar-refractivity contribution in [3.8, 4) is 5.75 Å². The van der Waals surface area contributed by atoms with Gasteiger partial charge < -0.3 is 14.7 Å². The van der Waals surface area contributed by atoms with Crippen molar-refractivity contribution in [1.29, 1.82) is 0 Å². The Kier molecular flexibility index (Phi) is 8.10. The van der Waals surface area contributed by atoms with Gasteiger partial charge in [-0.05, 0) is 65.5 Å². The summed E-state index contributed by atoms with van der Waals surface area (Å²) in [4.78, 5) is 41.2. The van der Waals surface area contributed by atoms with E-state index in [1.807, 2.05) is 0 Å². The number of carboxylic acids is 1. The highest BCUT2D eigenvalue weighted by Crippen LogP contribution is 2.55. The zero-order valence-corrected chi connectivity index (χ0v) is 26.3. The van der Waals surface area contributed by atoms with Crippen LogP contribution in [0.25, 0.3) is 0 Å². The summed E-state index contributed by atoms with van der Waals surface area (Å²) >= 11 is 13.6. The Labute approximate surface area is 257 Å². The van der Waals surface area contributed by atoms with Crippen molar-refractivity contribution in [2.24, 2.45) is 10.8 Å². The summed E-state index contributed by atoms with van der Waals surface area (Å²) < 4.78 is 5.98. The van der Waals surface area contributed by atoms with Crippen LogP contribution >= 0.6 is 23.2 Å². The fourth-order valence-electron chi connectivity index (χ4n) is 6.66. The van der Waals surface area contributed by atoms with Gasteiger partial charge in [0.1, 0.15) is 6.61 Å². The first-order chi connectivity index (χ1) is 19.7. The molecule has 42 heavy (non-hydrogen) atoms. The van der Waals surface area contributed by atoms with E-state index in [4.69, 9.17) is 33.0 Å². The number of benzene rings is 2. The first-order valence-electron chi connectivity index (χ1n) is 14.5. The van der Waals surface area contributed by atoms with Crippen molar-refractivity contribution in [3.63, 3.8) is 0 Å². The van der Waals surface area contributed by atoms with Gasteiger partial charge >= 0.3 is 5.97 Å². The van der Waals surface area contributed by atoms with Gasteiger partial charge in [0.15, 0.2) is 17.3 Å². The minimum Gasteiger partial charge on any atom is -0.486 e. The molecule has 0 spiro atoms. The number of allylic oxidation sites excluding steroid dienone is 4. The van der Waals surface area contributed by atoms with Gasteiger partial charge in [0, 0.05) is 47.8 Å². The third-order valence-electron chi connectivity index (χ3n) is 8.41. The molecule has 2 aromatic rings. The molecule has 0 fully saturated rings. The molecule has 0 aromatic heterocycles. The van der Waals surface area contributed by atoms with Gasteiger partial charge in [-0.15, -0.1) is 0 Å². The van der Waals surface area contributed by atoms with Crippen molar-refractivity contribution in [2.45, 2.75) is 79.2 Å². The number of ether oxygens (including phenoxy) is 1. The van der Waals surface area contributed by atoms with Crippen LogP contribution in [0.4, 0.5) is 0 Å². The number of nitrogens with zero attached hydrogens (tertiary/aromatic N) is 1. The number of carbonyl (C=O) groups is 3. The van der Waals surface area contributed by atoms with E-state index in [-0.39, 0.29) is 44.6 Å². The second-order valence-corrected chi connectivity index (χ2v) is 14.1. The number of rotatable bonds is 7. The number of hydrogen-bond donors (Lipinski definition) is 1. The summed E-state index contributed by atoms with van der Waals surface area (Å²) in [6, 6.07) is 9.92. The minimum absolute atomic E-state index is 0.0638. The summed E-state index contributed by atoms with van der Waals surface area (Å²) in [6.45, 7) is 11.5. The second-order valence-electron chi connectivity index (χ2n) is 13.3. The molecular weight excluding hydrogens is 573 g/mol. The van der Waals surface area contributed by atoms with E-state index in [1.165, 1.54) is 12.1 Å². The zero-order chi connectivity index (χ0) is 30.6. The lowest BCUT2D eigenvalue weighted by atomic mass is 9.63. The van der Waals surface area contributed by atoms with E-state index in [9.17, 15) is 14.4 Å². The van der Waals surface area contributed by atoms with Gasteiger partial charge in [0.25, 0.3) is 0 Å². The van der Waals surface area contributed by atoms with Crippen molar-refractivity contribution in [1.82, 2.24) is 4.90 Å². The Balaban J connectivity index is 1.58. The average Bonchev–Trinajstić information content (AvgIpc) is 2.87. The molecule has 0 bridgehead atoms. The highest BCUT2D eigenvalue weighted by atomic mass is 35.5. The van der Waals surface area contributed by atoms with Gasteiger partial charge in [-0.3, -0.25) is 9.59 Å². The van der Waals surface area contributed by atoms with Crippen molar-refractivity contribution in [3.05, 3.63) is 85.7 Å². The highest BCUT2D eigenvalue weighted by Gasteiger charge is 2.49. The second kappa shape index (κ2) is 11.2. The van der Waals surface area contributed by atoms with Gasteiger partial charge in [0.05, 0.1) is 15.6 Å². The van der Waals surface area contributed by atoms with E-state index in [2.05, 4.69) is 39.5 Å². The molecule has 0 radical (unpaired) electrons. The molecule has 1 N–H and O–H groups in total. The molecule has 0 saturated heterocycles. The Morgan fingerprint density at radius 1 is 0.905 bits per heavy atom. The number of carbonyl (C=O) groups excluding carboxylic acids is 2. The smallest absolute Gasteiger partial charge is 0.335 e. The largest absolute Gasteiger partial charge is 0.486 e. The number of hydrogen-bond acceptors (Lipinski definition) is 5. The number of ketones is 2. The van der Waals surface area contributed by atoms with Crippen LogP contribution in [0.5, 0.6) is 5.75 Å². The van der Waals surface area contributed by atoms with Crippen LogP contribution in [0.15, 0.2) is 58.9 Å². The Bertz CT molecular complexity index is 1460. The maximum Gasteiger partial charge on any atom is 0.335 e. The molecule has 6 nitrogen and oxygen atoms in total.